The Labute approximate surface area is 171 Å². The fraction of sp³-hybridized carbons (Fsp3) is 0.111. The number of anilines is 3. The van der Waals surface area contributed by atoms with Crippen molar-refractivity contribution in [3.63, 3.8) is 0 Å². The molecule has 30 heavy (non-hydrogen) atoms. The number of nitrogens with zero attached hydrogens (tertiary/aromatic N) is 2. The monoisotopic (exact) mass is 439 g/mol. The van der Waals surface area contributed by atoms with E-state index in [2.05, 4.69) is 20.6 Å². The van der Waals surface area contributed by atoms with Gasteiger partial charge in [-0.25, -0.2) is 14.4 Å². The molecule has 12 heteroatoms. The molecule has 0 radical (unpaired) electrons. The number of carbonyl (C=O) groups excluding carboxylic acids is 2. The highest BCUT2D eigenvalue weighted by Gasteiger charge is 2.30. The average Bonchev–Trinajstić information content (AvgIpc) is 3.10. The molecule has 2 heterocycles. The van der Waals surface area contributed by atoms with Crippen molar-refractivity contribution in [2.75, 3.05) is 16.4 Å². The van der Waals surface area contributed by atoms with Gasteiger partial charge in [-0.05, 0) is 36.8 Å². The normalized spacial score (nSPS) is 11.2. The predicted molar refractivity (Wildman–Crippen MR) is 103 cm³/mol. The molecule has 0 aliphatic heterocycles. The van der Waals surface area contributed by atoms with Crippen LogP contribution in [0.15, 0.2) is 36.7 Å². The van der Waals surface area contributed by atoms with Crippen molar-refractivity contribution in [3.05, 3.63) is 64.0 Å². The number of nitrogens with two attached hydrogens (primary N) is 1. The molecule has 0 bridgehead atoms. The van der Waals surface area contributed by atoms with Crippen molar-refractivity contribution in [3.8, 4) is 0 Å². The first kappa shape index (κ1) is 21.2. The lowest BCUT2D eigenvalue weighted by Gasteiger charge is -2.12. The Kier molecular flexibility index (Phi) is 5.69. The average molecular weight is 439 g/mol. The molecule has 2 amide bonds. The highest BCUT2D eigenvalue weighted by Crippen LogP contribution is 2.29. The van der Waals surface area contributed by atoms with Gasteiger partial charge in [-0.15, -0.1) is 0 Å². The van der Waals surface area contributed by atoms with E-state index in [0.29, 0.717) is 11.8 Å². The third-order valence-corrected chi connectivity index (χ3v) is 4.71. The van der Waals surface area contributed by atoms with Crippen LogP contribution in [-0.2, 0) is 6.18 Å². The van der Waals surface area contributed by atoms with Gasteiger partial charge in [0.1, 0.15) is 16.5 Å². The number of rotatable bonds is 4. The van der Waals surface area contributed by atoms with Crippen molar-refractivity contribution in [2.45, 2.75) is 13.1 Å². The minimum Gasteiger partial charge on any atom is -0.375 e. The SMILES string of the molecule is Cc1cc(F)c(C(=O)Nc2ccc(C(F)(F)F)cn2)cc1NC(=O)c1cnc(N)s1. The molecule has 7 nitrogen and oxygen atoms in total. The van der Waals surface area contributed by atoms with E-state index in [4.69, 9.17) is 5.73 Å². The fourth-order valence-corrected chi connectivity index (χ4v) is 2.96. The molecule has 156 valence electrons. The first-order valence-electron chi connectivity index (χ1n) is 8.22. The van der Waals surface area contributed by atoms with Crippen molar-refractivity contribution in [2.24, 2.45) is 0 Å². The van der Waals surface area contributed by atoms with E-state index in [9.17, 15) is 27.2 Å². The van der Waals surface area contributed by atoms with Gasteiger partial charge in [0, 0.05) is 11.9 Å². The van der Waals surface area contributed by atoms with Crippen LogP contribution in [0.25, 0.3) is 0 Å². The maximum absolute atomic E-state index is 14.3. The van der Waals surface area contributed by atoms with Crippen molar-refractivity contribution in [1.29, 1.82) is 0 Å². The summed E-state index contributed by atoms with van der Waals surface area (Å²) in [6, 6.07) is 3.85. The number of hydrogen-bond donors (Lipinski definition) is 3. The van der Waals surface area contributed by atoms with Gasteiger partial charge in [0.25, 0.3) is 11.8 Å². The summed E-state index contributed by atoms with van der Waals surface area (Å²) in [4.78, 5) is 32.1. The quantitative estimate of drug-likeness (QED) is 0.531. The largest absolute Gasteiger partial charge is 0.417 e. The number of amides is 2. The summed E-state index contributed by atoms with van der Waals surface area (Å²) in [6.45, 7) is 1.53. The number of pyridine rings is 1. The molecule has 0 atom stereocenters. The molecular formula is C18H13F4N5O2S. The number of halogens is 4. The van der Waals surface area contributed by atoms with E-state index in [-0.39, 0.29) is 21.5 Å². The second kappa shape index (κ2) is 8.06. The van der Waals surface area contributed by atoms with Crippen molar-refractivity contribution < 1.29 is 27.2 Å². The van der Waals surface area contributed by atoms with Gasteiger partial charge in [-0.1, -0.05) is 11.3 Å². The van der Waals surface area contributed by atoms with Crippen LogP contribution in [0.2, 0.25) is 0 Å². The van der Waals surface area contributed by atoms with Gasteiger partial charge in [0.2, 0.25) is 0 Å². The van der Waals surface area contributed by atoms with Gasteiger partial charge < -0.3 is 16.4 Å². The van der Waals surface area contributed by atoms with Crippen LogP contribution >= 0.6 is 11.3 Å². The van der Waals surface area contributed by atoms with Gasteiger partial charge in [-0.3, -0.25) is 9.59 Å². The van der Waals surface area contributed by atoms with E-state index in [0.717, 1.165) is 35.6 Å². The highest BCUT2D eigenvalue weighted by atomic mass is 32.1. The maximum Gasteiger partial charge on any atom is 0.417 e. The first-order chi connectivity index (χ1) is 14.0. The zero-order valence-corrected chi connectivity index (χ0v) is 16.0. The minimum atomic E-state index is -4.57. The predicted octanol–water partition coefficient (Wildman–Crippen LogP) is 4.09. The van der Waals surface area contributed by atoms with Crippen LogP contribution in [0.5, 0.6) is 0 Å². The lowest BCUT2D eigenvalue weighted by Crippen LogP contribution is -2.17. The number of nitrogens with one attached hydrogen (secondary N) is 2. The molecule has 0 aliphatic rings. The lowest BCUT2D eigenvalue weighted by atomic mass is 10.1. The van der Waals surface area contributed by atoms with E-state index in [1.165, 1.54) is 13.1 Å². The number of benzene rings is 1. The van der Waals surface area contributed by atoms with Crippen LogP contribution in [-0.4, -0.2) is 21.8 Å². The van der Waals surface area contributed by atoms with Crippen molar-refractivity contribution in [1.82, 2.24) is 9.97 Å². The van der Waals surface area contributed by atoms with Gasteiger partial charge >= 0.3 is 6.18 Å². The Hall–Kier alpha value is -3.54. The zero-order chi connectivity index (χ0) is 22.1. The number of nitrogen functional groups attached to an aromatic ring is 1. The topological polar surface area (TPSA) is 110 Å². The van der Waals surface area contributed by atoms with Gasteiger partial charge in [0.15, 0.2) is 5.13 Å². The van der Waals surface area contributed by atoms with Crippen LogP contribution in [0.4, 0.5) is 34.2 Å². The van der Waals surface area contributed by atoms with Crippen molar-refractivity contribution >= 4 is 39.8 Å². The molecule has 0 fully saturated rings. The standard InChI is InChI=1S/C18H13F4N5O2S/c1-8-4-11(19)10(5-12(8)26-16(29)13-7-25-17(23)30-13)15(28)27-14-3-2-9(6-24-14)18(20,21)22/h2-7H,1H3,(H2,23,25)(H,26,29)(H,24,27,28). The summed E-state index contributed by atoms with van der Waals surface area (Å²) in [6.07, 6.45) is -2.75. The number of aryl methyl sites for hydroxylation is 1. The highest BCUT2D eigenvalue weighted by molar-refractivity contribution is 7.17. The van der Waals surface area contributed by atoms with Gasteiger partial charge in [-0.2, -0.15) is 13.2 Å². The third kappa shape index (κ3) is 4.71. The summed E-state index contributed by atoms with van der Waals surface area (Å²) < 4.78 is 52.1. The Morgan fingerprint density at radius 3 is 2.37 bits per heavy atom. The summed E-state index contributed by atoms with van der Waals surface area (Å²) >= 11 is 0.952. The smallest absolute Gasteiger partial charge is 0.375 e. The van der Waals surface area contributed by atoms with E-state index >= 15 is 0 Å². The van der Waals surface area contributed by atoms with E-state index in [1.54, 1.807) is 0 Å². The molecule has 0 unspecified atom stereocenters. The van der Waals surface area contributed by atoms with E-state index in [1.807, 2.05) is 0 Å². The van der Waals surface area contributed by atoms with E-state index < -0.39 is 34.9 Å². The molecule has 4 N–H and O–H groups in total. The third-order valence-electron chi connectivity index (χ3n) is 3.89. The van der Waals surface area contributed by atoms with Crippen LogP contribution in [0.1, 0.15) is 31.2 Å². The fourth-order valence-electron chi connectivity index (χ4n) is 2.38. The molecule has 3 aromatic rings. The van der Waals surface area contributed by atoms with Crippen LogP contribution in [0, 0.1) is 12.7 Å². The number of alkyl halides is 3. The Morgan fingerprint density at radius 2 is 1.80 bits per heavy atom. The number of carbonyl (C=O) groups is 2. The molecule has 0 saturated heterocycles. The molecule has 0 aliphatic carbocycles. The van der Waals surface area contributed by atoms with Crippen LogP contribution < -0.4 is 16.4 Å². The van der Waals surface area contributed by atoms with Crippen LogP contribution in [0.3, 0.4) is 0 Å². The molecule has 1 aromatic carbocycles. The molecular weight excluding hydrogens is 426 g/mol. The summed E-state index contributed by atoms with van der Waals surface area (Å²) in [5.74, 6) is -2.57. The number of hydrogen-bond acceptors (Lipinski definition) is 6. The molecule has 0 saturated carbocycles. The summed E-state index contributed by atoms with van der Waals surface area (Å²) in [5, 5.41) is 4.95. The lowest BCUT2D eigenvalue weighted by molar-refractivity contribution is -0.137. The zero-order valence-electron chi connectivity index (χ0n) is 15.2. The second-order valence-corrected chi connectivity index (χ2v) is 7.11. The maximum atomic E-state index is 14.3. The Morgan fingerprint density at radius 1 is 1.07 bits per heavy atom. The molecule has 3 rings (SSSR count). The Balaban J connectivity index is 1.80. The summed E-state index contributed by atoms with van der Waals surface area (Å²) in [7, 11) is 0. The first-order valence-corrected chi connectivity index (χ1v) is 9.03. The second-order valence-electron chi connectivity index (χ2n) is 6.05. The molecule has 2 aromatic heterocycles. The number of aromatic nitrogens is 2. The Bertz CT molecular complexity index is 1110. The minimum absolute atomic E-state index is 0.166. The summed E-state index contributed by atoms with van der Waals surface area (Å²) in [5.41, 5.74) is 4.58. The molecule has 0 spiro atoms. The number of thiazole rings is 1. The van der Waals surface area contributed by atoms with Gasteiger partial charge in [0.05, 0.1) is 17.3 Å².